The molecule has 144 valence electrons. The SMILES string of the molecule is COC(=O)[C@H]1O[C@@H](Oc2ccc([N+](=O)[O-])cc2)[C@H](OC)[C@@H](OC)[C@@H]1OC. The van der Waals surface area contributed by atoms with Crippen molar-refractivity contribution in [1.29, 1.82) is 0 Å². The molecule has 1 saturated heterocycles. The van der Waals surface area contributed by atoms with E-state index in [9.17, 15) is 14.9 Å². The Morgan fingerprint density at radius 2 is 1.58 bits per heavy atom. The molecule has 2 rings (SSSR count). The summed E-state index contributed by atoms with van der Waals surface area (Å²) in [6, 6.07) is 5.43. The zero-order valence-corrected chi connectivity index (χ0v) is 14.8. The molecule has 10 heteroatoms. The van der Waals surface area contributed by atoms with Crippen LogP contribution in [0, 0.1) is 10.1 Å². The molecule has 0 aliphatic carbocycles. The van der Waals surface area contributed by atoms with Gasteiger partial charge in [0.15, 0.2) is 6.10 Å². The fraction of sp³-hybridized carbons (Fsp3) is 0.562. The molecule has 0 radical (unpaired) electrons. The number of nitrogens with zero attached hydrogens (tertiary/aromatic N) is 1. The summed E-state index contributed by atoms with van der Waals surface area (Å²) in [5.74, 6) is -0.345. The predicted octanol–water partition coefficient (Wildman–Crippen LogP) is 0.916. The van der Waals surface area contributed by atoms with Crippen LogP contribution in [0.2, 0.25) is 0 Å². The molecule has 0 saturated carbocycles. The van der Waals surface area contributed by atoms with E-state index in [1.54, 1.807) is 0 Å². The third-order valence-electron chi connectivity index (χ3n) is 4.04. The normalized spacial score (nSPS) is 28.4. The largest absolute Gasteiger partial charge is 0.467 e. The number of esters is 1. The lowest BCUT2D eigenvalue weighted by Crippen LogP contribution is -2.63. The summed E-state index contributed by atoms with van der Waals surface area (Å²) >= 11 is 0. The minimum absolute atomic E-state index is 0.0770. The molecule has 1 aromatic rings. The Bertz CT molecular complexity index is 621. The maximum Gasteiger partial charge on any atom is 0.338 e. The standard InChI is InChI=1S/C16H21NO9/c1-21-11-12(22-2)14(23-3)16(26-13(11)15(18)24-4)25-10-7-5-9(6-8-10)17(19)20/h5-8,11-14,16H,1-4H3/t11-,12-,13-,14+,16+/m0/s1. The van der Waals surface area contributed by atoms with Gasteiger partial charge in [0.1, 0.15) is 24.1 Å². The highest BCUT2D eigenvalue weighted by atomic mass is 16.7. The Labute approximate surface area is 150 Å². The van der Waals surface area contributed by atoms with Gasteiger partial charge in [0.25, 0.3) is 5.69 Å². The third kappa shape index (κ3) is 4.10. The van der Waals surface area contributed by atoms with Crippen molar-refractivity contribution in [1.82, 2.24) is 0 Å². The highest BCUT2D eigenvalue weighted by molar-refractivity contribution is 5.75. The molecule has 1 heterocycles. The number of nitro groups is 1. The summed E-state index contributed by atoms with van der Waals surface area (Å²) in [5, 5.41) is 10.7. The average Bonchev–Trinajstić information content (AvgIpc) is 2.66. The lowest BCUT2D eigenvalue weighted by molar-refractivity contribution is -0.384. The van der Waals surface area contributed by atoms with Gasteiger partial charge >= 0.3 is 5.97 Å². The van der Waals surface area contributed by atoms with Crippen LogP contribution in [-0.4, -0.2) is 70.0 Å². The summed E-state index contributed by atoms with van der Waals surface area (Å²) in [6.07, 6.45) is -4.28. The fourth-order valence-electron chi connectivity index (χ4n) is 2.77. The molecule has 0 N–H and O–H groups in total. The average molecular weight is 371 g/mol. The van der Waals surface area contributed by atoms with E-state index in [1.807, 2.05) is 0 Å². The lowest BCUT2D eigenvalue weighted by atomic mass is 9.98. The molecule has 10 nitrogen and oxygen atoms in total. The van der Waals surface area contributed by atoms with Crippen molar-refractivity contribution < 1.29 is 38.1 Å². The van der Waals surface area contributed by atoms with Crippen molar-refractivity contribution >= 4 is 11.7 Å². The van der Waals surface area contributed by atoms with E-state index in [-0.39, 0.29) is 5.69 Å². The fourth-order valence-corrected chi connectivity index (χ4v) is 2.77. The number of non-ortho nitro benzene ring substituents is 1. The van der Waals surface area contributed by atoms with Gasteiger partial charge in [-0.15, -0.1) is 0 Å². The number of carbonyl (C=O) groups is 1. The summed E-state index contributed by atoms with van der Waals surface area (Å²) in [6.45, 7) is 0. The van der Waals surface area contributed by atoms with Gasteiger partial charge in [-0.05, 0) is 12.1 Å². The number of carbonyl (C=O) groups excluding carboxylic acids is 1. The Morgan fingerprint density at radius 1 is 1.00 bits per heavy atom. The maximum atomic E-state index is 12.1. The second-order valence-electron chi connectivity index (χ2n) is 5.42. The Hall–Kier alpha value is -2.27. The summed E-state index contributed by atoms with van der Waals surface area (Å²) < 4.78 is 32.4. The molecule has 0 aromatic heterocycles. The number of benzene rings is 1. The number of rotatable bonds is 7. The summed E-state index contributed by atoms with van der Waals surface area (Å²) in [4.78, 5) is 22.3. The van der Waals surface area contributed by atoms with Gasteiger partial charge in [0, 0.05) is 33.5 Å². The third-order valence-corrected chi connectivity index (χ3v) is 4.04. The zero-order valence-electron chi connectivity index (χ0n) is 14.8. The molecule has 0 spiro atoms. The van der Waals surface area contributed by atoms with Gasteiger partial charge in [-0.1, -0.05) is 0 Å². The van der Waals surface area contributed by atoms with E-state index < -0.39 is 41.6 Å². The van der Waals surface area contributed by atoms with Crippen molar-refractivity contribution in [2.75, 3.05) is 28.4 Å². The molecular formula is C16H21NO9. The van der Waals surface area contributed by atoms with Gasteiger partial charge in [-0.2, -0.15) is 0 Å². The number of methoxy groups -OCH3 is 4. The van der Waals surface area contributed by atoms with Gasteiger partial charge in [0.05, 0.1) is 12.0 Å². The van der Waals surface area contributed by atoms with Crippen molar-refractivity contribution in [2.24, 2.45) is 0 Å². The second-order valence-corrected chi connectivity index (χ2v) is 5.42. The molecule has 1 aromatic carbocycles. The molecule has 26 heavy (non-hydrogen) atoms. The monoisotopic (exact) mass is 371 g/mol. The zero-order chi connectivity index (χ0) is 19.3. The molecule has 1 aliphatic heterocycles. The van der Waals surface area contributed by atoms with E-state index in [1.165, 1.54) is 52.7 Å². The summed E-state index contributed by atoms with van der Waals surface area (Å²) in [5.41, 5.74) is -0.0770. The van der Waals surface area contributed by atoms with Gasteiger partial charge in [-0.25, -0.2) is 4.79 Å². The van der Waals surface area contributed by atoms with E-state index in [2.05, 4.69) is 0 Å². The van der Waals surface area contributed by atoms with Crippen LogP contribution < -0.4 is 4.74 Å². The number of ether oxygens (including phenoxy) is 6. The van der Waals surface area contributed by atoms with E-state index in [0.29, 0.717) is 5.75 Å². The van der Waals surface area contributed by atoms with Crippen molar-refractivity contribution in [3.05, 3.63) is 34.4 Å². The van der Waals surface area contributed by atoms with Gasteiger partial charge in [0.2, 0.25) is 6.29 Å². The first-order valence-electron chi connectivity index (χ1n) is 7.69. The number of hydrogen-bond acceptors (Lipinski definition) is 9. The molecule has 1 aliphatic rings. The van der Waals surface area contributed by atoms with Crippen molar-refractivity contribution in [3.8, 4) is 5.75 Å². The molecule has 0 amide bonds. The van der Waals surface area contributed by atoms with Gasteiger partial charge < -0.3 is 28.4 Å². The highest BCUT2D eigenvalue weighted by Crippen LogP contribution is 2.30. The first-order chi connectivity index (χ1) is 12.5. The van der Waals surface area contributed by atoms with Crippen LogP contribution in [0.15, 0.2) is 24.3 Å². The predicted molar refractivity (Wildman–Crippen MR) is 86.8 cm³/mol. The van der Waals surface area contributed by atoms with Crippen LogP contribution in [0.25, 0.3) is 0 Å². The minimum atomic E-state index is -1.09. The Balaban J connectivity index is 2.26. The Kier molecular flexibility index (Phi) is 6.86. The molecule has 0 bridgehead atoms. The topological polar surface area (TPSA) is 116 Å². The first-order valence-corrected chi connectivity index (χ1v) is 7.69. The van der Waals surface area contributed by atoms with Crippen molar-refractivity contribution in [2.45, 2.75) is 30.7 Å². The number of hydrogen-bond donors (Lipinski definition) is 0. The quantitative estimate of drug-likeness (QED) is 0.392. The first kappa shape index (κ1) is 20.0. The van der Waals surface area contributed by atoms with Crippen LogP contribution in [0.4, 0.5) is 5.69 Å². The Morgan fingerprint density at radius 3 is 2.04 bits per heavy atom. The lowest BCUT2D eigenvalue weighted by Gasteiger charge is -2.43. The van der Waals surface area contributed by atoms with E-state index in [4.69, 9.17) is 28.4 Å². The van der Waals surface area contributed by atoms with Crippen LogP contribution in [0.3, 0.4) is 0 Å². The molecule has 5 atom stereocenters. The van der Waals surface area contributed by atoms with E-state index in [0.717, 1.165) is 0 Å². The van der Waals surface area contributed by atoms with Crippen LogP contribution in [0.1, 0.15) is 0 Å². The molecular weight excluding hydrogens is 350 g/mol. The van der Waals surface area contributed by atoms with Gasteiger partial charge in [-0.3, -0.25) is 10.1 Å². The maximum absolute atomic E-state index is 12.1. The molecule has 0 unspecified atom stereocenters. The smallest absolute Gasteiger partial charge is 0.338 e. The summed E-state index contributed by atoms with van der Waals surface area (Å²) in [7, 11) is 5.54. The van der Waals surface area contributed by atoms with Crippen LogP contribution >= 0.6 is 0 Å². The highest BCUT2D eigenvalue weighted by Gasteiger charge is 2.51. The number of nitro benzene ring substituents is 1. The second kappa shape index (κ2) is 8.90. The minimum Gasteiger partial charge on any atom is -0.467 e. The molecule has 1 fully saturated rings. The van der Waals surface area contributed by atoms with Crippen LogP contribution in [0.5, 0.6) is 5.75 Å². The van der Waals surface area contributed by atoms with Crippen molar-refractivity contribution in [3.63, 3.8) is 0 Å². The van der Waals surface area contributed by atoms with E-state index >= 15 is 0 Å². The van der Waals surface area contributed by atoms with Crippen LogP contribution in [-0.2, 0) is 28.5 Å².